The lowest BCUT2D eigenvalue weighted by Gasteiger charge is -2.36. The molecule has 6 nitrogen and oxygen atoms in total. The van der Waals surface area contributed by atoms with Gasteiger partial charge in [0.15, 0.2) is 11.7 Å². The van der Waals surface area contributed by atoms with Crippen LogP contribution in [0.1, 0.15) is 31.9 Å². The number of ether oxygens (including phenoxy) is 1. The Morgan fingerprint density at radius 3 is 2.40 bits per heavy atom. The predicted octanol–water partition coefficient (Wildman–Crippen LogP) is 2.89. The van der Waals surface area contributed by atoms with Gasteiger partial charge in [-0.1, -0.05) is 26.0 Å². The number of para-hydroxylation sites is 2. The van der Waals surface area contributed by atoms with E-state index in [1.54, 1.807) is 0 Å². The van der Waals surface area contributed by atoms with E-state index in [4.69, 9.17) is 9.72 Å². The van der Waals surface area contributed by atoms with Crippen molar-refractivity contribution in [3.63, 3.8) is 0 Å². The summed E-state index contributed by atoms with van der Waals surface area (Å²) in [4.78, 5) is 23.6. The maximum Gasteiger partial charge on any atom is 0.329 e. The molecule has 25 heavy (non-hydrogen) atoms. The van der Waals surface area contributed by atoms with Gasteiger partial charge in [0, 0.05) is 13.1 Å². The second-order valence-electron chi connectivity index (χ2n) is 6.86. The highest BCUT2D eigenvalue weighted by Crippen LogP contribution is 2.32. The maximum absolute atomic E-state index is 12.1. The van der Waals surface area contributed by atoms with E-state index in [9.17, 15) is 10.1 Å². The highest BCUT2D eigenvalue weighted by Gasteiger charge is 2.32. The van der Waals surface area contributed by atoms with E-state index in [1.807, 2.05) is 30.3 Å². The van der Waals surface area contributed by atoms with Gasteiger partial charge in [0.05, 0.1) is 24.2 Å². The molecule has 1 aliphatic rings. The van der Waals surface area contributed by atoms with Crippen molar-refractivity contribution in [1.29, 1.82) is 5.26 Å². The summed E-state index contributed by atoms with van der Waals surface area (Å²) in [6, 6.07) is 9.54. The number of carbonyl (C=O) groups excluding carboxylic acids is 1. The lowest BCUT2D eigenvalue weighted by atomic mass is 9.91. The van der Waals surface area contributed by atoms with Gasteiger partial charge in [0.2, 0.25) is 0 Å². The third-order valence-electron chi connectivity index (χ3n) is 4.59. The number of esters is 1. The zero-order valence-corrected chi connectivity index (χ0v) is 14.8. The van der Waals surface area contributed by atoms with Crippen LogP contribution in [0.25, 0.3) is 11.0 Å². The van der Waals surface area contributed by atoms with Gasteiger partial charge in [0.1, 0.15) is 5.69 Å². The Kier molecular flexibility index (Phi) is 4.84. The highest BCUT2D eigenvalue weighted by atomic mass is 16.5. The summed E-state index contributed by atoms with van der Waals surface area (Å²) < 4.78 is 4.81. The van der Waals surface area contributed by atoms with E-state index in [0.29, 0.717) is 28.9 Å². The van der Waals surface area contributed by atoms with Gasteiger partial charge in [-0.25, -0.2) is 9.97 Å². The van der Waals surface area contributed by atoms with Crippen LogP contribution >= 0.6 is 0 Å². The molecule has 0 N–H and O–H groups in total. The average molecular weight is 338 g/mol. The van der Waals surface area contributed by atoms with Crippen LogP contribution in [0, 0.1) is 23.2 Å². The Labute approximate surface area is 147 Å². The van der Waals surface area contributed by atoms with Crippen LogP contribution in [0.5, 0.6) is 0 Å². The van der Waals surface area contributed by atoms with Crippen molar-refractivity contribution in [2.24, 2.45) is 11.8 Å². The molecule has 0 amide bonds. The summed E-state index contributed by atoms with van der Waals surface area (Å²) in [5, 5.41) is 9.54. The van der Waals surface area contributed by atoms with Gasteiger partial charge in [-0.2, -0.15) is 5.26 Å². The fourth-order valence-electron chi connectivity index (χ4n) is 3.61. The van der Waals surface area contributed by atoms with Gasteiger partial charge in [-0.05, 0) is 30.4 Å². The first-order valence-electron chi connectivity index (χ1n) is 8.52. The zero-order chi connectivity index (χ0) is 18.0. The Bertz CT molecular complexity index is 820. The molecule has 3 rings (SSSR count). The average Bonchev–Trinajstić information content (AvgIpc) is 2.60. The number of anilines is 1. The van der Waals surface area contributed by atoms with Crippen LogP contribution in [-0.4, -0.2) is 36.1 Å². The topological polar surface area (TPSA) is 79.1 Å². The van der Waals surface area contributed by atoms with Crippen LogP contribution in [0.4, 0.5) is 5.82 Å². The molecule has 0 saturated carbocycles. The molecule has 0 aliphatic carbocycles. The monoisotopic (exact) mass is 338 g/mol. The van der Waals surface area contributed by atoms with Crippen molar-refractivity contribution in [3.8, 4) is 6.07 Å². The molecule has 1 aromatic carbocycles. The summed E-state index contributed by atoms with van der Waals surface area (Å²) in [5.74, 6) is -0.0304. The second-order valence-corrected chi connectivity index (χ2v) is 6.86. The third-order valence-corrected chi connectivity index (χ3v) is 4.59. The molecule has 2 aromatic rings. The van der Waals surface area contributed by atoms with Crippen molar-refractivity contribution in [2.45, 2.75) is 26.2 Å². The summed E-state index contributed by atoms with van der Waals surface area (Å²) in [7, 11) is 1.28. The first-order valence-corrected chi connectivity index (χ1v) is 8.52. The molecule has 1 aromatic heterocycles. The van der Waals surface area contributed by atoms with Crippen LogP contribution in [0.3, 0.4) is 0 Å². The minimum Gasteiger partial charge on any atom is -0.468 e. The summed E-state index contributed by atoms with van der Waals surface area (Å²) in [6.45, 7) is 6.09. The fourth-order valence-corrected chi connectivity index (χ4v) is 3.61. The van der Waals surface area contributed by atoms with E-state index in [2.05, 4.69) is 23.7 Å². The number of methoxy groups -OCH3 is 1. The van der Waals surface area contributed by atoms with E-state index < -0.39 is 11.9 Å². The number of rotatable bonds is 3. The number of piperidine rings is 1. The summed E-state index contributed by atoms with van der Waals surface area (Å²) in [6.07, 6.45) is 1.16. The maximum atomic E-state index is 12.1. The Morgan fingerprint density at radius 2 is 1.84 bits per heavy atom. The lowest BCUT2D eigenvalue weighted by molar-refractivity contribution is -0.141. The molecule has 0 bridgehead atoms. The Balaban J connectivity index is 2.15. The van der Waals surface area contributed by atoms with E-state index in [0.717, 1.165) is 25.0 Å². The molecule has 1 saturated heterocycles. The minimum absolute atomic E-state index is 0.384. The normalized spacial score (nSPS) is 21.6. The first-order chi connectivity index (χ1) is 12.0. The van der Waals surface area contributed by atoms with Crippen molar-refractivity contribution in [1.82, 2.24) is 9.97 Å². The van der Waals surface area contributed by atoms with E-state index in [1.165, 1.54) is 7.11 Å². The fraction of sp³-hybridized carbons (Fsp3) is 0.474. The van der Waals surface area contributed by atoms with Gasteiger partial charge >= 0.3 is 5.97 Å². The smallest absolute Gasteiger partial charge is 0.329 e. The zero-order valence-electron chi connectivity index (χ0n) is 14.8. The van der Waals surface area contributed by atoms with Crippen LogP contribution in [-0.2, 0) is 9.53 Å². The van der Waals surface area contributed by atoms with Crippen LogP contribution in [0.15, 0.2) is 24.3 Å². The molecule has 1 aliphatic heterocycles. The predicted molar refractivity (Wildman–Crippen MR) is 95.1 cm³/mol. The second kappa shape index (κ2) is 7.06. The quantitative estimate of drug-likeness (QED) is 0.801. The van der Waals surface area contributed by atoms with Crippen molar-refractivity contribution in [2.75, 3.05) is 25.1 Å². The van der Waals surface area contributed by atoms with Gasteiger partial charge in [-0.15, -0.1) is 0 Å². The van der Waals surface area contributed by atoms with Crippen molar-refractivity contribution >= 4 is 22.8 Å². The van der Waals surface area contributed by atoms with E-state index in [-0.39, 0.29) is 0 Å². The number of nitrogens with zero attached hydrogens (tertiary/aromatic N) is 4. The minimum atomic E-state index is -1.08. The molecule has 130 valence electrons. The van der Waals surface area contributed by atoms with Crippen molar-refractivity contribution in [3.05, 3.63) is 30.0 Å². The standard InChI is InChI=1S/C19H22N4O2/c1-12-8-13(2)11-23(10-12)18-17(14(9-20)19(24)25-3)21-15-6-4-5-7-16(15)22-18/h4-7,12-14H,8,10-11H2,1-3H3/t12-,13-,14-/m0/s1. The van der Waals surface area contributed by atoms with Gasteiger partial charge in [0.25, 0.3) is 0 Å². The number of hydrogen-bond donors (Lipinski definition) is 0. The number of benzene rings is 1. The summed E-state index contributed by atoms with van der Waals surface area (Å²) >= 11 is 0. The number of carbonyl (C=O) groups is 1. The van der Waals surface area contributed by atoms with Crippen molar-refractivity contribution < 1.29 is 9.53 Å². The number of nitriles is 1. The molecule has 1 fully saturated rings. The largest absolute Gasteiger partial charge is 0.468 e. The molecular formula is C19H22N4O2. The molecule has 2 heterocycles. The molecule has 0 spiro atoms. The molecule has 6 heteroatoms. The first kappa shape index (κ1) is 17.2. The van der Waals surface area contributed by atoms with Crippen LogP contribution in [0.2, 0.25) is 0 Å². The molecule has 3 atom stereocenters. The molecular weight excluding hydrogens is 316 g/mol. The summed E-state index contributed by atoms with van der Waals surface area (Å²) in [5.41, 5.74) is 1.81. The van der Waals surface area contributed by atoms with Gasteiger partial charge < -0.3 is 9.64 Å². The Morgan fingerprint density at radius 1 is 1.24 bits per heavy atom. The molecule has 0 radical (unpaired) electrons. The molecule has 0 unspecified atom stereocenters. The Hall–Kier alpha value is -2.68. The van der Waals surface area contributed by atoms with Gasteiger partial charge in [-0.3, -0.25) is 4.79 Å². The number of hydrogen-bond acceptors (Lipinski definition) is 6. The SMILES string of the molecule is COC(=O)[C@@H](C#N)c1nc2ccccc2nc1N1C[C@@H](C)C[C@H](C)C1. The van der Waals surface area contributed by atoms with Crippen LogP contribution < -0.4 is 4.90 Å². The highest BCUT2D eigenvalue weighted by molar-refractivity contribution is 5.85. The number of aromatic nitrogens is 2. The number of fused-ring (bicyclic) bond motifs is 1. The van der Waals surface area contributed by atoms with E-state index >= 15 is 0 Å². The lowest BCUT2D eigenvalue weighted by Crippen LogP contribution is -2.40. The third kappa shape index (κ3) is 3.41.